The van der Waals surface area contributed by atoms with Gasteiger partial charge < -0.3 is 24.2 Å². The van der Waals surface area contributed by atoms with Crippen molar-refractivity contribution in [3.63, 3.8) is 0 Å². The first kappa shape index (κ1) is 29.3. The molecular weight excluding hydrogens is 499 g/mol. The summed E-state index contributed by atoms with van der Waals surface area (Å²) in [7, 11) is 3.66. The second-order valence-corrected chi connectivity index (χ2v) is 10.6. The number of amides is 2. The van der Waals surface area contributed by atoms with Gasteiger partial charge in [0.05, 0.1) is 12.1 Å². The van der Waals surface area contributed by atoms with E-state index in [0.29, 0.717) is 25.3 Å². The third-order valence-electron chi connectivity index (χ3n) is 6.09. The summed E-state index contributed by atoms with van der Waals surface area (Å²) in [6.07, 6.45) is -4.33. The summed E-state index contributed by atoms with van der Waals surface area (Å²) >= 11 is 0. The summed E-state index contributed by atoms with van der Waals surface area (Å²) in [5, 5.41) is 0. The molecule has 0 aliphatic carbocycles. The summed E-state index contributed by atoms with van der Waals surface area (Å²) < 4.78 is 52.1. The van der Waals surface area contributed by atoms with Crippen molar-refractivity contribution < 1.29 is 32.2 Å². The van der Waals surface area contributed by atoms with Crippen LogP contribution < -0.4 is 4.74 Å². The van der Waals surface area contributed by atoms with Crippen molar-refractivity contribution in [2.45, 2.75) is 52.1 Å². The molecule has 1 aliphatic rings. The Morgan fingerprint density at radius 2 is 1.71 bits per heavy atom. The van der Waals surface area contributed by atoms with Crippen molar-refractivity contribution in [3.8, 4) is 5.75 Å². The zero-order valence-corrected chi connectivity index (χ0v) is 22.6. The molecule has 0 atom stereocenters. The third kappa shape index (κ3) is 8.11. The Balaban J connectivity index is 1.75. The first-order chi connectivity index (χ1) is 17.7. The Hall–Kier alpha value is -3.27. The number of nitrogens with zero attached hydrogens (tertiary/aromatic N) is 3. The molecule has 7 nitrogen and oxygen atoms in total. The molecule has 0 bridgehead atoms. The van der Waals surface area contributed by atoms with Crippen molar-refractivity contribution >= 4 is 12.0 Å². The number of hydrogen-bond donors (Lipinski definition) is 0. The molecule has 0 aromatic heterocycles. The summed E-state index contributed by atoms with van der Waals surface area (Å²) in [6.45, 7) is 6.37. The van der Waals surface area contributed by atoms with Gasteiger partial charge in [-0.05, 0) is 64.5 Å². The minimum absolute atomic E-state index is 0.0252. The molecule has 1 aliphatic heterocycles. The van der Waals surface area contributed by atoms with Crippen molar-refractivity contribution in [1.29, 1.82) is 0 Å². The lowest BCUT2D eigenvalue weighted by Gasteiger charge is -2.32. The van der Waals surface area contributed by atoms with Gasteiger partial charge in [0.2, 0.25) is 0 Å². The van der Waals surface area contributed by atoms with E-state index in [9.17, 15) is 22.8 Å². The normalized spacial score (nSPS) is 13.8. The first-order valence-electron chi connectivity index (χ1n) is 12.5. The lowest BCUT2D eigenvalue weighted by Crippen LogP contribution is -2.40. The SMILES string of the molecule is CN(C)CCN(Cc1ccccc1C(F)(F)F)C(=O)COc1cccc2c1CN(C(=O)OC(C)(C)C)CC2. The number of halogens is 3. The average Bonchev–Trinajstić information content (AvgIpc) is 2.83. The van der Waals surface area contributed by atoms with Crippen LogP contribution in [-0.4, -0.2) is 72.6 Å². The molecule has 0 saturated carbocycles. The number of ether oxygens (including phenoxy) is 2. The van der Waals surface area contributed by atoms with Gasteiger partial charge in [0.15, 0.2) is 6.61 Å². The Kier molecular flexibility index (Phi) is 9.30. The molecule has 38 heavy (non-hydrogen) atoms. The molecule has 3 rings (SSSR count). The maximum atomic E-state index is 13.5. The van der Waals surface area contributed by atoms with E-state index in [1.807, 2.05) is 31.1 Å². The van der Waals surface area contributed by atoms with Gasteiger partial charge in [0.25, 0.3) is 5.91 Å². The Labute approximate surface area is 222 Å². The monoisotopic (exact) mass is 535 g/mol. The topological polar surface area (TPSA) is 62.3 Å². The van der Waals surface area contributed by atoms with Crippen LogP contribution in [0.5, 0.6) is 5.75 Å². The highest BCUT2D eigenvalue weighted by atomic mass is 19.4. The van der Waals surface area contributed by atoms with E-state index < -0.39 is 29.3 Å². The van der Waals surface area contributed by atoms with Gasteiger partial charge in [-0.3, -0.25) is 4.79 Å². The zero-order chi connectivity index (χ0) is 28.1. The minimum Gasteiger partial charge on any atom is -0.483 e. The second-order valence-electron chi connectivity index (χ2n) is 10.6. The van der Waals surface area contributed by atoms with Gasteiger partial charge in [-0.2, -0.15) is 13.2 Å². The fourth-order valence-corrected chi connectivity index (χ4v) is 4.15. The fourth-order valence-electron chi connectivity index (χ4n) is 4.15. The van der Waals surface area contributed by atoms with Crippen LogP contribution in [0.2, 0.25) is 0 Å². The number of benzene rings is 2. The molecule has 2 aromatic carbocycles. The van der Waals surface area contributed by atoms with Crippen LogP contribution >= 0.6 is 0 Å². The standard InChI is InChI=1S/C28H36F3N3O4/c1-27(2,3)38-26(36)34-14-13-20-10-8-12-24(22(20)18-34)37-19-25(35)33(16-15-32(4)5)17-21-9-6-7-11-23(21)28(29,30)31/h6-12H,13-19H2,1-5H3. The molecule has 208 valence electrons. The van der Waals surface area contributed by atoms with Gasteiger partial charge in [0, 0.05) is 31.7 Å². The minimum atomic E-state index is -4.52. The number of alkyl halides is 3. The van der Waals surface area contributed by atoms with Gasteiger partial charge in [0.1, 0.15) is 11.4 Å². The third-order valence-corrected chi connectivity index (χ3v) is 6.09. The van der Waals surface area contributed by atoms with E-state index in [0.717, 1.165) is 17.2 Å². The number of fused-ring (bicyclic) bond motifs is 1. The molecule has 0 radical (unpaired) electrons. The van der Waals surface area contributed by atoms with E-state index >= 15 is 0 Å². The van der Waals surface area contributed by atoms with Crippen LogP contribution in [0.25, 0.3) is 0 Å². The Morgan fingerprint density at radius 1 is 1.00 bits per heavy atom. The molecule has 0 spiro atoms. The molecule has 1 heterocycles. The van der Waals surface area contributed by atoms with Gasteiger partial charge >= 0.3 is 12.3 Å². The van der Waals surface area contributed by atoms with Crippen LogP contribution in [0.3, 0.4) is 0 Å². The summed E-state index contributed by atoms with van der Waals surface area (Å²) in [6, 6.07) is 10.8. The summed E-state index contributed by atoms with van der Waals surface area (Å²) in [5.41, 5.74) is 0.443. The highest BCUT2D eigenvalue weighted by molar-refractivity contribution is 5.78. The average molecular weight is 536 g/mol. The smallest absolute Gasteiger partial charge is 0.416 e. The number of likely N-dealkylation sites (N-methyl/N-ethyl adjacent to an activating group) is 1. The van der Waals surface area contributed by atoms with E-state index in [1.54, 1.807) is 31.7 Å². The highest BCUT2D eigenvalue weighted by Gasteiger charge is 2.34. The molecule has 2 amide bonds. The summed E-state index contributed by atoms with van der Waals surface area (Å²) in [4.78, 5) is 30.7. The molecule has 0 unspecified atom stereocenters. The highest BCUT2D eigenvalue weighted by Crippen LogP contribution is 2.33. The lowest BCUT2D eigenvalue weighted by molar-refractivity contribution is -0.140. The van der Waals surface area contributed by atoms with Crippen molar-refractivity contribution in [2.24, 2.45) is 0 Å². The molecule has 0 fully saturated rings. The molecule has 2 aromatic rings. The largest absolute Gasteiger partial charge is 0.483 e. The Morgan fingerprint density at radius 3 is 2.37 bits per heavy atom. The van der Waals surface area contributed by atoms with Crippen LogP contribution in [0.4, 0.5) is 18.0 Å². The fraction of sp³-hybridized carbons (Fsp3) is 0.500. The zero-order valence-electron chi connectivity index (χ0n) is 22.6. The Bertz CT molecular complexity index is 1130. The van der Waals surface area contributed by atoms with Crippen molar-refractivity contribution in [2.75, 3.05) is 40.3 Å². The quantitative estimate of drug-likeness (QED) is 0.478. The number of rotatable bonds is 8. The molecule has 0 saturated heterocycles. The van der Waals surface area contributed by atoms with Crippen LogP contribution in [-0.2, 0) is 35.2 Å². The van der Waals surface area contributed by atoms with Crippen molar-refractivity contribution in [3.05, 3.63) is 64.7 Å². The first-order valence-corrected chi connectivity index (χ1v) is 12.5. The van der Waals surface area contributed by atoms with Crippen molar-refractivity contribution in [1.82, 2.24) is 14.7 Å². The van der Waals surface area contributed by atoms with Crippen LogP contribution in [0, 0.1) is 0 Å². The van der Waals surface area contributed by atoms with Crippen LogP contribution in [0.1, 0.15) is 43.0 Å². The summed E-state index contributed by atoms with van der Waals surface area (Å²) in [5.74, 6) is 0.0357. The van der Waals surface area contributed by atoms with E-state index in [1.165, 1.54) is 23.1 Å². The van der Waals surface area contributed by atoms with E-state index in [2.05, 4.69) is 0 Å². The molecule has 0 N–H and O–H groups in total. The van der Waals surface area contributed by atoms with E-state index in [4.69, 9.17) is 9.47 Å². The number of carbonyl (C=O) groups excluding carboxylic acids is 2. The van der Waals surface area contributed by atoms with Gasteiger partial charge in [-0.25, -0.2) is 4.79 Å². The van der Waals surface area contributed by atoms with Crippen LogP contribution in [0.15, 0.2) is 42.5 Å². The van der Waals surface area contributed by atoms with Gasteiger partial charge in [-0.1, -0.05) is 30.3 Å². The number of hydrogen-bond acceptors (Lipinski definition) is 5. The predicted octanol–water partition coefficient (Wildman–Crippen LogP) is 4.97. The maximum absolute atomic E-state index is 13.5. The lowest BCUT2D eigenvalue weighted by atomic mass is 9.99. The predicted molar refractivity (Wildman–Crippen MR) is 138 cm³/mol. The molecule has 10 heteroatoms. The number of carbonyl (C=O) groups is 2. The second kappa shape index (κ2) is 12.1. The molecular formula is C28H36F3N3O4. The van der Waals surface area contributed by atoms with E-state index in [-0.39, 0.29) is 31.8 Å². The maximum Gasteiger partial charge on any atom is 0.416 e. The van der Waals surface area contributed by atoms with Gasteiger partial charge in [-0.15, -0.1) is 0 Å².